The van der Waals surface area contributed by atoms with E-state index >= 15 is 0 Å². The van der Waals surface area contributed by atoms with E-state index in [4.69, 9.17) is 4.74 Å². The first kappa shape index (κ1) is 23.6. The number of hydrogen-bond acceptors (Lipinski definition) is 5. The second-order valence-electron chi connectivity index (χ2n) is 8.43. The van der Waals surface area contributed by atoms with Crippen LogP contribution in [-0.4, -0.2) is 72.9 Å². The maximum absolute atomic E-state index is 13.0. The van der Waals surface area contributed by atoms with Crippen LogP contribution in [0.25, 0.3) is 0 Å². The van der Waals surface area contributed by atoms with E-state index in [2.05, 4.69) is 15.5 Å². The van der Waals surface area contributed by atoms with Crippen LogP contribution in [0.5, 0.6) is 0 Å². The second-order valence-corrected chi connectivity index (χ2v) is 8.43. The molecule has 3 atom stereocenters. The van der Waals surface area contributed by atoms with Gasteiger partial charge in [0.05, 0.1) is 18.8 Å². The predicted molar refractivity (Wildman–Crippen MR) is 115 cm³/mol. The van der Waals surface area contributed by atoms with Crippen LogP contribution in [0.3, 0.4) is 0 Å². The van der Waals surface area contributed by atoms with Gasteiger partial charge in [0.1, 0.15) is 11.9 Å². The summed E-state index contributed by atoms with van der Waals surface area (Å²) in [5.41, 5.74) is 0.368. The van der Waals surface area contributed by atoms with Gasteiger partial charge in [0.15, 0.2) is 0 Å². The minimum Gasteiger partial charge on any atom is -0.394 e. The quantitative estimate of drug-likeness (QED) is 0.551. The highest BCUT2D eigenvalue weighted by atomic mass is 19.1. The van der Waals surface area contributed by atoms with Gasteiger partial charge in [0.25, 0.3) is 5.91 Å². The summed E-state index contributed by atoms with van der Waals surface area (Å²) in [4.78, 5) is 26.8. The molecular formula is C23H34FN3O4. The topological polar surface area (TPSA) is 90.9 Å². The molecule has 2 amide bonds. The molecule has 3 N–H and O–H groups in total. The number of carbonyl (C=O) groups is 2. The molecule has 0 aliphatic carbocycles. The van der Waals surface area contributed by atoms with E-state index < -0.39 is 11.9 Å². The molecule has 0 radical (unpaired) electrons. The average Bonchev–Trinajstić information content (AvgIpc) is 2.79. The van der Waals surface area contributed by atoms with Crippen molar-refractivity contribution < 1.29 is 23.8 Å². The fraction of sp³-hybridized carbons (Fsp3) is 0.652. The lowest BCUT2D eigenvalue weighted by atomic mass is 9.96. The number of nitrogens with one attached hydrogen (secondary N) is 2. The molecule has 0 aromatic heterocycles. The molecule has 2 aliphatic heterocycles. The smallest absolute Gasteiger partial charge is 0.251 e. The molecule has 0 spiro atoms. The SMILES string of the molecule is O=C(CCN1CCCCC1)NCC[C@H]1CC[C@@H](NC(=O)c2ccc(F)cc2)[C@@H](CO)O1. The number of ether oxygens (including phenoxy) is 1. The van der Waals surface area contributed by atoms with Crippen molar-refractivity contribution in [3.8, 4) is 0 Å². The fourth-order valence-electron chi connectivity index (χ4n) is 4.27. The van der Waals surface area contributed by atoms with Crippen LogP contribution in [0.15, 0.2) is 24.3 Å². The van der Waals surface area contributed by atoms with Crippen LogP contribution >= 0.6 is 0 Å². The molecule has 31 heavy (non-hydrogen) atoms. The van der Waals surface area contributed by atoms with Gasteiger partial charge in [0, 0.05) is 25.1 Å². The summed E-state index contributed by atoms with van der Waals surface area (Å²) in [5, 5.41) is 15.5. The molecule has 2 fully saturated rings. The average molecular weight is 436 g/mol. The third kappa shape index (κ3) is 7.55. The first-order valence-electron chi connectivity index (χ1n) is 11.4. The van der Waals surface area contributed by atoms with E-state index in [0.717, 1.165) is 26.1 Å². The lowest BCUT2D eigenvalue weighted by molar-refractivity contribution is -0.122. The van der Waals surface area contributed by atoms with Gasteiger partial charge in [0.2, 0.25) is 5.91 Å². The summed E-state index contributed by atoms with van der Waals surface area (Å²) in [6.07, 6.45) is 5.75. The highest BCUT2D eigenvalue weighted by Gasteiger charge is 2.32. The minimum atomic E-state index is -0.502. The van der Waals surface area contributed by atoms with E-state index in [1.807, 2.05) is 0 Å². The Kier molecular flexibility index (Phi) is 9.24. The summed E-state index contributed by atoms with van der Waals surface area (Å²) in [7, 11) is 0. The van der Waals surface area contributed by atoms with Gasteiger partial charge in [-0.2, -0.15) is 0 Å². The molecular weight excluding hydrogens is 401 g/mol. The molecule has 172 valence electrons. The molecule has 2 heterocycles. The normalized spacial score (nSPS) is 24.5. The zero-order valence-corrected chi connectivity index (χ0v) is 18.0. The van der Waals surface area contributed by atoms with Crippen LogP contribution in [-0.2, 0) is 9.53 Å². The van der Waals surface area contributed by atoms with Gasteiger partial charge in [-0.25, -0.2) is 4.39 Å². The van der Waals surface area contributed by atoms with Gasteiger partial charge in [-0.15, -0.1) is 0 Å². The fourth-order valence-corrected chi connectivity index (χ4v) is 4.27. The van der Waals surface area contributed by atoms with Gasteiger partial charge in [-0.05, 0) is 69.5 Å². The van der Waals surface area contributed by atoms with Gasteiger partial charge in [-0.3, -0.25) is 9.59 Å². The maximum atomic E-state index is 13.0. The molecule has 0 saturated carbocycles. The molecule has 3 rings (SSSR count). The van der Waals surface area contributed by atoms with Crippen molar-refractivity contribution in [1.29, 1.82) is 0 Å². The summed E-state index contributed by atoms with van der Waals surface area (Å²) in [5.74, 6) is -0.650. The van der Waals surface area contributed by atoms with E-state index in [1.54, 1.807) is 0 Å². The van der Waals surface area contributed by atoms with E-state index in [1.165, 1.54) is 43.5 Å². The summed E-state index contributed by atoms with van der Waals surface area (Å²) < 4.78 is 19.0. The van der Waals surface area contributed by atoms with Crippen molar-refractivity contribution in [2.75, 3.05) is 32.8 Å². The zero-order chi connectivity index (χ0) is 22.1. The molecule has 2 aliphatic rings. The summed E-state index contributed by atoms with van der Waals surface area (Å²) in [6.45, 7) is 3.32. The Morgan fingerprint density at radius 2 is 1.87 bits per heavy atom. The van der Waals surface area contributed by atoms with Crippen molar-refractivity contribution >= 4 is 11.8 Å². The van der Waals surface area contributed by atoms with Crippen molar-refractivity contribution in [2.45, 2.75) is 63.2 Å². The van der Waals surface area contributed by atoms with Crippen LogP contribution in [0, 0.1) is 5.82 Å². The van der Waals surface area contributed by atoms with Crippen molar-refractivity contribution in [2.24, 2.45) is 0 Å². The molecule has 0 bridgehead atoms. The first-order valence-corrected chi connectivity index (χ1v) is 11.4. The maximum Gasteiger partial charge on any atom is 0.251 e. The molecule has 8 heteroatoms. The Morgan fingerprint density at radius 1 is 1.13 bits per heavy atom. The summed E-state index contributed by atoms with van der Waals surface area (Å²) >= 11 is 0. The number of aliphatic hydroxyl groups excluding tert-OH is 1. The second kappa shape index (κ2) is 12.1. The largest absolute Gasteiger partial charge is 0.394 e. The number of piperidine rings is 1. The highest BCUT2D eigenvalue weighted by Crippen LogP contribution is 2.22. The van der Waals surface area contributed by atoms with E-state index in [0.29, 0.717) is 31.4 Å². The number of hydrogen-bond donors (Lipinski definition) is 3. The number of benzene rings is 1. The standard InChI is InChI=1S/C23H34FN3O4/c24-18-6-4-17(5-7-18)23(30)26-20-9-8-19(31-21(20)16-28)10-12-25-22(29)11-15-27-13-2-1-3-14-27/h4-7,19-21,28H,1-3,8-16H2,(H,25,29)(H,26,30)/t19-,20-,21-/m1/s1. The number of amides is 2. The van der Waals surface area contributed by atoms with E-state index in [-0.39, 0.29) is 30.6 Å². The molecule has 1 aromatic rings. The molecule has 2 saturated heterocycles. The Bertz CT molecular complexity index is 709. The lowest BCUT2D eigenvalue weighted by Gasteiger charge is -2.36. The van der Waals surface area contributed by atoms with Crippen LogP contribution in [0.1, 0.15) is 55.3 Å². The number of halogens is 1. The Labute approximate surface area is 183 Å². The van der Waals surface area contributed by atoms with E-state index in [9.17, 15) is 19.1 Å². The Morgan fingerprint density at radius 3 is 2.58 bits per heavy atom. The third-order valence-electron chi connectivity index (χ3n) is 6.11. The van der Waals surface area contributed by atoms with Gasteiger partial charge in [-0.1, -0.05) is 6.42 Å². The molecule has 1 aromatic carbocycles. The van der Waals surface area contributed by atoms with Crippen LogP contribution < -0.4 is 10.6 Å². The Balaban J connectivity index is 1.35. The number of carbonyl (C=O) groups excluding carboxylic acids is 2. The number of rotatable bonds is 9. The van der Waals surface area contributed by atoms with Crippen molar-refractivity contribution in [3.63, 3.8) is 0 Å². The monoisotopic (exact) mass is 435 g/mol. The number of nitrogens with zero attached hydrogens (tertiary/aromatic N) is 1. The minimum absolute atomic E-state index is 0.0597. The number of aliphatic hydroxyl groups is 1. The number of likely N-dealkylation sites (tertiary alicyclic amines) is 1. The van der Waals surface area contributed by atoms with Crippen LogP contribution in [0.2, 0.25) is 0 Å². The summed E-state index contributed by atoms with van der Waals surface area (Å²) in [6, 6.07) is 5.04. The van der Waals surface area contributed by atoms with Crippen LogP contribution in [0.4, 0.5) is 4.39 Å². The highest BCUT2D eigenvalue weighted by molar-refractivity contribution is 5.94. The van der Waals surface area contributed by atoms with Crippen molar-refractivity contribution in [1.82, 2.24) is 15.5 Å². The third-order valence-corrected chi connectivity index (χ3v) is 6.11. The zero-order valence-electron chi connectivity index (χ0n) is 18.0. The van der Waals surface area contributed by atoms with Crippen molar-refractivity contribution in [3.05, 3.63) is 35.6 Å². The molecule has 0 unspecified atom stereocenters. The first-order chi connectivity index (χ1) is 15.0. The van der Waals surface area contributed by atoms with Gasteiger partial charge < -0.3 is 25.4 Å². The predicted octanol–water partition coefficient (Wildman–Crippen LogP) is 1.85. The Hall–Kier alpha value is -2.03. The van der Waals surface area contributed by atoms with Gasteiger partial charge >= 0.3 is 0 Å². The molecule has 7 nitrogen and oxygen atoms in total. The lowest BCUT2D eigenvalue weighted by Crippen LogP contribution is -2.51.